The van der Waals surface area contributed by atoms with E-state index in [1.54, 1.807) is 11.1 Å². The Balaban J connectivity index is 1.97. The van der Waals surface area contributed by atoms with Crippen LogP contribution in [-0.4, -0.2) is 22.6 Å². The first-order chi connectivity index (χ1) is 9.79. The Morgan fingerprint density at radius 2 is 2.00 bits per heavy atom. The number of aromatic nitrogens is 2. The molecule has 0 unspecified atom stereocenters. The number of benzene rings is 2. The fourth-order valence-corrected chi connectivity index (χ4v) is 2.28. The van der Waals surface area contributed by atoms with Crippen molar-refractivity contribution in [1.82, 2.24) is 10.2 Å². The Labute approximate surface area is 117 Å². The highest BCUT2D eigenvalue weighted by Gasteiger charge is 2.16. The molecule has 0 saturated heterocycles. The number of hydrogen-bond donors (Lipinski definition) is 1. The number of rotatable bonds is 3. The average molecular weight is 265 g/mol. The summed E-state index contributed by atoms with van der Waals surface area (Å²) < 4.78 is 0. The van der Waals surface area contributed by atoms with Crippen LogP contribution in [0.4, 0.5) is 5.69 Å². The summed E-state index contributed by atoms with van der Waals surface area (Å²) in [5.74, 6) is -0.00444. The molecule has 1 heterocycles. The van der Waals surface area contributed by atoms with Crippen LogP contribution in [0, 0.1) is 0 Å². The second-order valence-corrected chi connectivity index (χ2v) is 4.56. The highest BCUT2D eigenvalue weighted by atomic mass is 16.2. The smallest absolute Gasteiger partial charge is 0.258 e. The largest absolute Gasteiger partial charge is 0.309 e. The summed E-state index contributed by atoms with van der Waals surface area (Å²) in [5, 5.41) is 7.87. The van der Waals surface area contributed by atoms with Gasteiger partial charge < -0.3 is 4.90 Å². The third kappa shape index (κ3) is 2.16. The lowest BCUT2D eigenvalue weighted by molar-refractivity contribution is 0.0988. The zero-order chi connectivity index (χ0) is 13.9. The predicted molar refractivity (Wildman–Crippen MR) is 79.9 cm³/mol. The maximum Gasteiger partial charge on any atom is 0.258 e. The molecule has 1 aromatic heterocycles. The second-order valence-electron chi connectivity index (χ2n) is 4.56. The standard InChI is InChI=1S/C16H15N3O/c1-2-19(14-6-4-3-5-7-14)16(20)12-8-9-13-11-17-18-15(13)10-12/h3-11H,2H2,1H3,(H,17,18). The van der Waals surface area contributed by atoms with Crippen LogP contribution in [-0.2, 0) is 0 Å². The van der Waals surface area contributed by atoms with E-state index >= 15 is 0 Å². The maximum absolute atomic E-state index is 12.6. The molecule has 0 saturated carbocycles. The molecule has 0 spiro atoms. The fourth-order valence-electron chi connectivity index (χ4n) is 2.28. The number of anilines is 1. The van der Waals surface area contributed by atoms with Crippen molar-refractivity contribution in [3.63, 3.8) is 0 Å². The lowest BCUT2D eigenvalue weighted by atomic mass is 10.1. The van der Waals surface area contributed by atoms with Crippen LogP contribution in [0.15, 0.2) is 54.7 Å². The van der Waals surface area contributed by atoms with E-state index in [9.17, 15) is 4.79 Å². The first-order valence-corrected chi connectivity index (χ1v) is 6.59. The number of aromatic amines is 1. The number of para-hydroxylation sites is 1. The SMILES string of the molecule is CCN(C(=O)c1ccc2cn[nH]c2c1)c1ccccc1. The van der Waals surface area contributed by atoms with E-state index in [0.29, 0.717) is 12.1 Å². The molecule has 100 valence electrons. The molecule has 20 heavy (non-hydrogen) atoms. The number of carbonyl (C=O) groups is 1. The van der Waals surface area contributed by atoms with Crippen LogP contribution < -0.4 is 4.90 Å². The van der Waals surface area contributed by atoms with E-state index < -0.39 is 0 Å². The number of hydrogen-bond acceptors (Lipinski definition) is 2. The first kappa shape index (κ1) is 12.4. The Hall–Kier alpha value is -2.62. The molecule has 4 nitrogen and oxygen atoms in total. The molecule has 0 bridgehead atoms. The van der Waals surface area contributed by atoms with E-state index in [1.165, 1.54) is 0 Å². The number of H-pyrrole nitrogens is 1. The normalized spacial score (nSPS) is 10.7. The van der Waals surface area contributed by atoms with Gasteiger partial charge in [0, 0.05) is 23.2 Å². The van der Waals surface area contributed by atoms with Crippen molar-refractivity contribution in [2.24, 2.45) is 0 Å². The number of fused-ring (bicyclic) bond motifs is 1. The highest BCUT2D eigenvalue weighted by molar-refractivity contribution is 6.07. The average Bonchev–Trinajstić information content (AvgIpc) is 2.96. The topological polar surface area (TPSA) is 49.0 Å². The van der Waals surface area contributed by atoms with Crippen molar-refractivity contribution >= 4 is 22.5 Å². The first-order valence-electron chi connectivity index (χ1n) is 6.59. The summed E-state index contributed by atoms with van der Waals surface area (Å²) in [6, 6.07) is 15.3. The summed E-state index contributed by atoms with van der Waals surface area (Å²) in [4.78, 5) is 14.4. The van der Waals surface area contributed by atoms with Gasteiger partial charge in [0.05, 0.1) is 11.7 Å². The van der Waals surface area contributed by atoms with Gasteiger partial charge in [-0.05, 0) is 31.2 Å². The summed E-state index contributed by atoms with van der Waals surface area (Å²) in [6.07, 6.45) is 1.75. The molecule has 0 fully saturated rings. The molecule has 0 atom stereocenters. The molecular weight excluding hydrogens is 250 g/mol. The van der Waals surface area contributed by atoms with Crippen LogP contribution in [0.5, 0.6) is 0 Å². The minimum atomic E-state index is -0.00444. The van der Waals surface area contributed by atoms with Gasteiger partial charge in [-0.2, -0.15) is 5.10 Å². The van der Waals surface area contributed by atoms with Gasteiger partial charge in [-0.3, -0.25) is 9.89 Å². The summed E-state index contributed by atoms with van der Waals surface area (Å²) in [6.45, 7) is 2.60. The lowest BCUT2D eigenvalue weighted by Gasteiger charge is -2.21. The highest BCUT2D eigenvalue weighted by Crippen LogP contribution is 2.19. The van der Waals surface area contributed by atoms with Gasteiger partial charge in [0.2, 0.25) is 0 Å². The van der Waals surface area contributed by atoms with Crippen molar-refractivity contribution in [1.29, 1.82) is 0 Å². The monoisotopic (exact) mass is 265 g/mol. The lowest BCUT2D eigenvalue weighted by Crippen LogP contribution is -2.30. The van der Waals surface area contributed by atoms with Crippen molar-refractivity contribution in [2.75, 3.05) is 11.4 Å². The second kappa shape index (κ2) is 5.17. The molecule has 1 N–H and O–H groups in total. The molecule has 1 amide bonds. The zero-order valence-corrected chi connectivity index (χ0v) is 11.2. The minimum Gasteiger partial charge on any atom is -0.309 e. The van der Waals surface area contributed by atoms with E-state index in [0.717, 1.165) is 16.6 Å². The van der Waals surface area contributed by atoms with Gasteiger partial charge in [-0.25, -0.2) is 0 Å². The Bertz CT molecular complexity index is 734. The molecule has 0 aliphatic heterocycles. The molecule has 3 aromatic rings. The summed E-state index contributed by atoms with van der Waals surface area (Å²) in [7, 11) is 0. The quantitative estimate of drug-likeness (QED) is 0.790. The van der Waals surface area contributed by atoms with Crippen LogP contribution in [0.25, 0.3) is 10.9 Å². The number of carbonyl (C=O) groups excluding carboxylic acids is 1. The van der Waals surface area contributed by atoms with Crippen molar-refractivity contribution in [3.05, 3.63) is 60.3 Å². The molecule has 4 heteroatoms. The zero-order valence-electron chi connectivity index (χ0n) is 11.2. The number of nitrogens with one attached hydrogen (secondary N) is 1. The molecule has 2 aromatic carbocycles. The Morgan fingerprint density at radius 3 is 2.75 bits per heavy atom. The van der Waals surface area contributed by atoms with Crippen molar-refractivity contribution in [2.45, 2.75) is 6.92 Å². The van der Waals surface area contributed by atoms with Crippen molar-refractivity contribution < 1.29 is 4.79 Å². The fraction of sp³-hybridized carbons (Fsp3) is 0.125. The predicted octanol–water partition coefficient (Wildman–Crippen LogP) is 3.23. The van der Waals surface area contributed by atoms with Gasteiger partial charge >= 0.3 is 0 Å². The van der Waals surface area contributed by atoms with Gasteiger partial charge in [0.25, 0.3) is 5.91 Å². The van der Waals surface area contributed by atoms with Gasteiger partial charge in [-0.1, -0.05) is 24.3 Å². The number of amides is 1. The van der Waals surface area contributed by atoms with Gasteiger partial charge in [-0.15, -0.1) is 0 Å². The van der Waals surface area contributed by atoms with E-state index in [-0.39, 0.29) is 5.91 Å². The van der Waals surface area contributed by atoms with E-state index in [4.69, 9.17) is 0 Å². The maximum atomic E-state index is 12.6. The van der Waals surface area contributed by atoms with E-state index in [2.05, 4.69) is 10.2 Å². The third-order valence-corrected chi connectivity index (χ3v) is 3.32. The van der Waals surface area contributed by atoms with E-state index in [1.807, 2.05) is 55.5 Å². The number of nitrogens with zero attached hydrogens (tertiary/aromatic N) is 2. The van der Waals surface area contributed by atoms with Gasteiger partial charge in [0.1, 0.15) is 0 Å². The molecule has 0 aliphatic carbocycles. The van der Waals surface area contributed by atoms with Crippen LogP contribution in [0.1, 0.15) is 17.3 Å². The molecule has 0 aliphatic rings. The van der Waals surface area contributed by atoms with Crippen LogP contribution >= 0.6 is 0 Å². The molecule has 3 rings (SSSR count). The Morgan fingerprint density at radius 1 is 1.20 bits per heavy atom. The van der Waals surface area contributed by atoms with Crippen molar-refractivity contribution in [3.8, 4) is 0 Å². The van der Waals surface area contributed by atoms with Crippen LogP contribution in [0.2, 0.25) is 0 Å². The molecular formula is C16H15N3O. The Kier molecular flexibility index (Phi) is 3.21. The van der Waals surface area contributed by atoms with Crippen LogP contribution in [0.3, 0.4) is 0 Å². The third-order valence-electron chi connectivity index (χ3n) is 3.32. The van der Waals surface area contributed by atoms with Gasteiger partial charge in [0.15, 0.2) is 0 Å². The summed E-state index contributed by atoms with van der Waals surface area (Å²) >= 11 is 0. The molecule has 0 radical (unpaired) electrons. The summed E-state index contributed by atoms with van der Waals surface area (Å²) in [5.41, 5.74) is 2.44. The minimum absolute atomic E-state index is 0.00444.